The highest BCUT2D eigenvalue weighted by atomic mass is 32.2. The first-order valence-corrected chi connectivity index (χ1v) is 11.3. The minimum atomic E-state index is -3.79. The highest BCUT2D eigenvalue weighted by molar-refractivity contribution is 7.89. The number of hydrogen-bond donors (Lipinski definition) is 2. The van der Waals surface area contributed by atoms with E-state index in [1.165, 1.54) is 34.6 Å². The molecule has 2 heterocycles. The van der Waals surface area contributed by atoms with Gasteiger partial charge in [-0.15, -0.1) is 0 Å². The van der Waals surface area contributed by atoms with Crippen molar-refractivity contribution in [3.05, 3.63) is 47.8 Å². The maximum atomic E-state index is 13.2. The van der Waals surface area contributed by atoms with E-state index in [0.717, 1.165) is 0 Å². The number of fused-ring (bicyclic) bond motifs is 1. The van der Waals surface area contributed by atoms with Crippen molar-refractivity contribution in [2.24, 2.45) is 5.92 Å². The Morgan fingerprint density at radius 1 is 1.19 bits per heavy atom. The lowest BCUT2D eigenvalue weighted by molar-refractivity contribution is -0.121. The highest BCUT2D eigenvalue weighted by Crippen LogP contribution is 2.35. The number of carbonyl (C=O) groups is 2. The van der Waals surface area contributed by atoms with Crippen LogP contribution in [0.5, 0.6) is 5.75 Å². The summed E-state index contributed by atoms with van der Waals surface area (Å²) < 4.78 is 46.1. The summed E-state index contributed by atoms with van der Waals surface area (Å²) in [5.41, 5.74) is 1.45. The maximum absolute atomic E-state index is 13.2. The van der Waals surface area contributed by atoms with E-state index in [9.17, 15) is 22.4 Å². The molecule has 0 spiro atoms. The number of ether oxygens (including phenoxy) is 1. The molecule has 31 heavy (non-hydrogen) atoms. The number of carbonyl (C=O) groups excluding carboxylic acids is 2. The Morgan fingerprint density at radius 2 is 1.87 bits per heavy atom. The average Bonchev–Trinajstić information content (AvgIpc) is 2.74. The van der Waals surface area contributed by atoms with Gasteiger partial charge >= 0.3 is 0 Å². The van der Waals surface area contributed by atoms with Crippen molar-refractivity contribution in [3.63, 3.8) is 0 Å². The number of rotatable bonds is 4. The van der Waals surface area contributed by atoms with Crippen molar-refractivity contribution in [2.45, 2.75) is 24.7 Å². The molecule has 0 atom stereocenters. The predicted octanol–water partition coefficient (Wildman–Crippen LogP) is 2.50. The molecule has 2 aromatic carbocycles. The molecule has 164 valence electrons. The number of nitrogens with zero attached hydrogens (tertiary/aromatic N) is 1. The van der Waals surface area contributed by atoms with E-state index < -0.39 is 10.0 Å². The molecular formula is C21H22FN3O5S. The Hall–Kier alpha value is -2.98. The summed E-state index contributed by atoms with van der Waals surface area (Å²) in [7, 11) is -3.79. The SMILES string of the molecule is Cc1cc2c(cc1S(=O)(=O)N1CCC(C(=O)Nc3ccc(F)cc3)CC1)OCC(=O)N2. The number of halogens is 1. The molecule has 2 aromatic rings. The number of nitrogens with one attached hydrogen (secondary N) is 2. The Labute approximate surface area is 179 Å². The van der Waals surface area contributed by atoms with Gasteiger partial charge in [0.15, 0.2) is 6.61 Å². The van der Waals surface area contributed by atoms with Crippen LogP contribution in [-0.4, -0.2) is 44.2 Å². The molecule has 4 rings (SSSR count). The summed E-state index contributed by atoms with van der Waals surface area (Å²) >= 11 is 0. The molecule has 10 heteroatoms. The third kappa shape index (κ3) is 4.40. The standard InChI is InChI=1S/C21H22FN3O5S/c1-13-10-17-18(30-12-20(26)24-17)11-19(13)31(28,29)25-8-6-14(7-9-25)21(27)23-16-4-2-15(22)3-5-16/h2-5,10-11,14H,6-9,12H2,1H3,(H,23,27)(H,24,26). The van der Waals surface area contributed by atoms with E-state index in [0.29, 0.717) is 35.5 Å². The second-order valence-corrected chi connectivity index (χ2v) is 9.53. The summed E-state index contributed by atoms with van der Waals surface area (Å²) in [6.45, 7) is 1.91. The Bertz CT molecular complexity index is 1130. The second kappa shape index (κ2) is 8.27. The minimum absolute atomic E-state index is 0.122. The summed E-state index contributed by atoms with van der Waals surface area (Å²) in [6.07, 6.45) is 0.756. The van der Waals surface area contributed by atoms with Crippen LogP contribution in [-0.2, 0) is 19.6 Å². The van der Waals surface area contributed by atoms with Gasteiger partial charge in [-0.25, -0.2) is 12.8 Å². The molecule has 0 aliphatic carbocycles. The molecule has 1 fully saturated rings. The fourth-order valence-corrected chi connectivity index (χ4v) is 5.46. The maximum Gasteiger partial charge on any atom is 0.262 e. The molecule has 0 unspecified atom stereocenters. The molecule has 2 aliphatic rings. The summed E-state index contributed by atoms with van der Waals surface area (Å²) in [6, 6.07) is 8.52. The predicted molar refractivity (Wildman–Crippen MR) is 112 cm³/mol. The van der Waals surface area contributed by atoms with Gasteiger partial charge in [0.05, 0.1) is 10.6 Å². The van der Waals surface area contributed by atoms with E-state index >= 15 is 0 Å². The van der Waals surface area contributed by atoms with Gasteiger partial charge in [-0.05, 0) is 55.7 Å². The highest BCUT2D eigenvalue weighted by Gasteiger charge is 2.34. The van der Waals surface area contributed by atoms with E-state index in [-0.39, 0.29) is 48.1 Å². The number of benzene rings is 2. The van der Waals surface area contributed by atoms with E-state index in [2.05, 4.69) is 10.6 Å². The van der Waals surface area contributed by atoms with Crippen LogP contribution in [0, 0.1) is 18.7 Å². The average molecular weight is 447 g/mol. The third-order valence-electron chi connectivity index (χ3n) is 5.46. The van der Waals surface area contributed by atoms with Gasteiger partial charge in [0, 0.05) is 30.8 Å². The summed E-state index contributed by atoms with van der Waals surface area (Å²) in [5.74, 6) is -0.903. The lowest BCUT2D eigenvalue weighted by atomic mass is 9.97. The lowest BCUT2D eigenvalue weighted by Crippen LogP contribution is -2.41. The van der Waals surface area contributed by atoms with Gasteiger partial charge in [0.1, 0.15) is 11.6 Å². The van der Waals surface area contributed by atoms with Crippen molar-refractivity contribution >= 4 is 33.2 Å². The quantitative estimate of drug-likeness (QED) is 0.749. The van der Waals surface area contributed by atoms with Crippen molar-refractivity contribution < 1.29 is 27.1 Å². The van der Waals surface area contributed by atoms with Gasteiger partial charge in [-0.2, -0.15) is 4.31 Å². The Balaban J connectivity index is 1.44. The second-order valence-electron chi connectivity index (χ2n) is 7.63. The first-order valence-electron chi connectivity index (χ1n) is 9.88. The molecule has 2 aliphatic heterocycles. The smallest absolute Gasteiger partial charge is 0.262 e. The molecule has 0 bridgehead atoms. The topological polar surface area (TPSA) is 105 Å². The fourth-order valence-electron chi connectivity index (χ4n) is 3.77. The Morgan fingerprint density at radius 3 is 2.55 bits per heavy atom. The zero-order chi connectivity index (χ0) is 22.2. The van der Waals surface area contributed by atoms with Crippen LogP contribution in [0.2, 0.25) is 0 Å². The van der Waals surface area contributed by atoms with Crippen LogP contribution >= 0.6 is 0 Å². The number of hydrogen-bond acceptors (Lipinski definition) is 5. The first-order chi connectivity index (χ1) is 14.7. The van der Waals surface area contributed by atoms with Gasteiger partial charge in [-0.1, -0.05) is 0 Å². The Kier molecular flexibility index (Phi) is 5.67. The van der Waals surface area contributed by atoms with Crippen LogP contribution in [0.1, 0.15) is 18.4 Å². The van der Waals surface area contributed by atoms with Crippen LogP contribution in [0.3, 0.4) is 0 Å². The van der Waals surface area contributed by atoms with Crippen molar-refractivity contribution in [3.8, 4) is 5.75 Å². The molecule has 8 nitrogen and oxygen atoms in total. The van der Waals surface area contributed by atoms with Crippen LogP contribution < -0.4 is 15.4 Å². The van der Waals surface area contributed by atoms with E-state index in [4.69, 9.17) is 4.74 Å². The molecule has 1 saturated heterocycles. The van der Waals surface area contributed by atoms with Crippen molar-refractivity contribution in [1.29, 1.82) is 0 Å². The van der Waals surface area contributed by atoms with Crippen LogP contribution in [0.25, 0.3) is 0 Å². The molecular weight excluding hydrogens is 425 g/mol. The molecule has 0 aromatic heterocycles. The first kappa shape index (κ1) is 21.3. The lowest BCUT2D eigenvalue weighted by Gasteiger charge is -2.31. The fraction of sp³-hybridized carbons (Fsp3) is 0.333. The van der Waals surface area contributed by atoms with Crippen LogP contribution in [0.15, 0.2) is 41.3 Å². The van der Waals surface area contributed by atoms with Gasteiger partial charge in [0.25, 0.3) is 5.91 Å². The van der Waals surface area contributed by atoms with Crippen molar-refractivity contribution in [1.82, 2.24) is 4.31 Å². The monoisotopic (exact) mass is 447 g/mol. The van der Waals surface area contributed by atoms with Gasteiger partial charge in [0.2, 0.25) is 15.9 Å². The van der Waals surface area contributed by atoms with Gasteiger partial charge < -0.3 is 15.4 Å². The molecule has 0 saturated carbocycles. The number of sulfonamides is 1. The van der Waals surface area contributed by atoms with Gasteiger partial charge in [-0.3, -0.25) is 9.59 Å². The molecule has 2 amide bonds. The molecule has 0 radical (unpaired) electrons. The largest absolute Gasteiger partial charge is 0.482 e. The third-order valence-corrected chi connectivity index (χ3v) is 7.50. The summed E-state index contributed by atoms with van der Waals surface area (Å²) in [4.78, 5) is 24.1. The van der Waals surface area contributed by atoms with E-state index in [1.807, 2.05) is 0 Å². The zero-order valence-electron chi connectivity index (χ0n) is 16.9. The number of piperidine rings is 1. The number of anilines is 2. The zero-order valence-corrected chi connectivity index (χ0v) is 17.7. The number of amides is 2. The molecule has 2 N–H and O–H groups in total. The van der Waals surface area contributed by atoms with E-state index in [1.54, 1.807) is 13.0 Å². The number of aryl methyl sites for hydroxylation is 1. The minimum Gasteiger partial charge on any atom is -0.482 e. The summed E-state index contributed by atoms with van der Waals surface area (Å²) in [5, 5.41) is 5.41. The normalized spacial score (nSPS) is 17.4. The van der Waals surface area contributed by atoms with Crippen molar-refractivity contribution in [2.75, 3.05) is 30.3 Å². The van der Waals surface area contributed by atoms with Crippen LogP contribution in [0.4, 0.5) is 15.8 Å².